The third kappa shape index (κ3) is 7.30. The van der Waals surface area contributed by atoms with E-state index >= 15 is 0 Å². The van der Waals surface area contributed by atoms with Crippen LogP contribution in [-0.4, -0.2) is 41.8 Å². The van der Waals surface area contributed by atoms with Crippen LogP contribution in [0.25, 0.3) is 0 Å². The van der Waals surface area contributed by atoms with Gasteiger partial charge in [-0.3, -0.25) is 9.59 Å². The summed E-state index contributed by atoms with van der Waals surface area (Å²) >= 11 is 1.17. The van der Waals surface area contributed by atoms with Crippen LogP contribution in [0.5, 0.6) is 5.75 Å². The molecule has 1 amide bonds. The summed E-state index contributed by atoms with van der Waals surface area (Å²) in [6.45, 7) is 4.16. The SMILES string of the molecule is Cc1cccc(OCCOC(=O)CSCC(=O)Nc2cc(C)on2)c1. The maximum absolute atomic E-state index is 11.7. The molecule has 0 aliphatic carbocycles. The van der Waals surface area contributed by atoms with Crippen LogP contribution in [0.4, 0.5) is 5.82 Å². The Morgan fingerprint density at radius 1 is 1.20 bits per heavy atom. The molecule has 0 aliphatic heterocycles. The van der Waals surface area contributed by atoms with Gasteiger partial charge < -0.3 is 19.3 Å². The van der Waals surface area contributed by atoms with Gasteiger partial charge in [0.15, 0.2) is 5.82 Å². The number of amides is 1. The van der Waals surface area contributed by atoms with Crippen molar-refractivity contribution >= 4 is 29.5 Å². The van der Waals surface area contributed by atoms with Gasteiger partial charge in [0.2, 0.25) is 5.91 Å². The Morgan fingerprint density at radius 3 is 2.76 bits per heavy atom. The average molecular weight is 364 g/mol. The van der Waals surface area contributed by atoms with Gasteiger partial charge in [0.05, 0.1) is 11.5 Å². The second-order valence-corrected chi connectivity index (χ2v) is 6.23. The molecule has 1 heterocycles. The van der Waals surface area contributed by atoms with E-state index in [0.717, 1.165) is 11.3 Å². The minimum Gasteiger partial charge on any atom is -0.490 e. The number of esters is 1. The highest BCUT2D eigenvalue weighted by molar-refractivity contribution is 8.00. The molecule has 0 aliphatic rings. The molecular weight excluding hydrogens is 344 g/mol. The molecule has 2 rings (SSSR count). The van der Waals surface area contributed by atoms with E-state index in [1.807, 2.05) is 31.2 Å². The van der Waals surface area contributed by atoms with Crippen molar-refractivity contribution in [2.45, 2.75) is 13.8 Å². The predicted molar refractivity (Wildman–Crippen MR) is 94.8 cm³/mol. The Hall–Kier alpha value is -2.48. The van der Waals surface area contributed by atoms with E-state index in [9.17, 15) is 9.59 Å². The highest BCUT2D eigenvalue weighted by atomic mass is 32.2. The Morgan fingerprint density at radius 2 is 2.04 bits per heavy atom. The van der Waals surface area contributed by atoms with Crippen LogP contribution in [0.15, 0.2) is 34.9 Å². The number of carbonyl (C=O) groups excluding carboxylic acids is 2. The number of aromatic nitrogens is 1. The van der Waals surface area contributed by atoms with Gasteiger partial charge in [-0.1, -0.05) is 17.3 Å². The van der Waals surface area contributed by atoms with Gasteiger partial charge in [-0.15, -0.1) is 11.8 Å². The van der Waals surface area contributed by atoms with Crippen molar-refractivity contribution in [2.24, 2.45) is 0 Å². The Bertz CT molecular complexity index is 717. The molecule has 0 spiro atoms. The second-order valence-electron chi connectivity index (χ2n) is 5.25. The standard InChI is InChI=1S/C17H20N2O5S/c1-12-4-3-5-14(8-12)22-6-7-23-17(21)11-25-10-16(20)18-15-9-13(2)24-19-15/h3-5,8-9H,6-7,10-11H2,1-2H3,(H,18,19,20). The normalized spacial score (nSPS) is 10.3. The zero-order chi connectivity index (χ0) is 18.1. The molecule has 0 radical (unpaired) electrons. The fraction of sp³-hybridized carbons (Fsp3) is 0.353. The third-order valence-electron chi connectivity index (χ3n) is 2.95. The van der Waals surface area contributed by atoms with Crippen LogP contribution in [0.2, 0.25) is 0 Å². The molecule has 0 saturated carbocycles. The number of nitrogens with one attached hydrogen (secondary N) is 1. The average Bonchev–Trinajstić information content (AvgIpc) is 2.96. The number of nitrogens with zero attached hydrogens (tertiary/aromatic N) is 1. The van der Waals surface area contributed by atoms with Gasteiger partial charge in [0, 0.05) is 6.07 Å². The molecule has 7 nitrogen and oxygen atoms in total. The van der Waals surface area contributed by atoms with E-state index in [1.54, 1.807) is 13.0 Å². The zero-order valence-corrected chi connectivity index (χ0v) is 14.9. The van der Waals surface area contributed by atoms with Gasteiger partial charge in [0.1, 0.15) is 24.7 Å². The molecule has 0 saturated heterocycles. The van der Waals surface area contributed by atoms with Gasteiger partial charge in [0.25, 0.3) is 0 Å². The Labute approximate surface area is 150 Å². The topological polar surface area (TPSA) is 90.7 Å². The summed E-state index contributed by atoms with van der Waals surface area (Å²) in [7, 11) is 0. The molecule has 1 aromatic carbocycles. The lowest BCUT2D eigenvalue weighted by Crippen LogP contribution is -2.17. The van der Waals surface area contributed by atoms with E-state index in [1.165, 1.54) is 11.8 Å². The number of carbonyl (C=O) groups is 2. The van der Waals surface area contributed by atoms with E-state index in [4.69, 9.17) is 14.0 Å². The minimum atomic E-state index is -0.386. The first-order valence-corrected chi connectivity index (χ1v) is 8.84. The summed E-state index contributed by atoms with van der Waals surface area (Å²) in [4.78, 5) is 23.3. The number of ether oxygens (including phenoxy) is 2. The van der Waals surface area contributed by atoms with Gasteiger partial charge >= 0.3 is 5.97 Å². The molecular formula is C17H20N2O5S. The van der Waals surface area contributed by atoms with Crippen molar-refractivity contribution in [3.05, 3.63) is 41.7 Å². The van der Waals surface area contributed by atoms with Crippen molar-refractivity contribution in [2.75, 3.05) is 30.0 Å². The van der Waals surface area contributed by atoms with Crippen molar-refractivity contribution in [1.82, 2.24) is 5.16 Å². The molecule has 134 valence electrons. The quantitative estimate of drug-likeness (QED) is 0.540. The number of hydrogen-bond acceptors (Lipinski definition) is 7. The summed E-state index contributed by atoms with van der Waals surface area (Å²) in [6.07, 6.45) is 0. The largest absolute Gasteiger partial charge is 0.490 e. The number of thioether (sulfide) groups is 1. The third-order valence-corrected chi connectivity index (χ3v) is 3.86. The van der Waals surface area contributed by atoms with Gasteiger partial charge in [-0.2, -0.15) is 0 Å². The van der Waals surface area contributed by atoms with Crippen LogP contribution in [0.3, 0.4) is 0 Å². The van der Waals surface area contributed by atoms with E-state index in [-0.39, 0.29) is 36.6 Å². The zero-order valence-electron chi connectivity index (χ0n) is 14.1. The van der Waals surface area contributed by atoms with E-state index in [0.29, 0.717) is 11.6 Å². The number of rotatable bonds is 9. The summed E-state index contributed by atoms with van der Waals surface area (Å²) in [6, 6.07) is 9.25. The molecule has 0 bridgehead atoms. The molecule has 0 fully saturated rings. The number of aryl methyl sites for hydroxylation is 2. The summed E-state index contributed by atoms with van der Waals surface area (Å²) < 4.78 is 15.4. The lowest BCUT2D eigenvalue weighted by atomic mass is 10.2. The molecule has 1 aromatic heterocycles. The Kier molecular flexibility index (Phi) is 7.34. The van der Waals surface area contributed by atoms with Crippen molar-refractivity contribution < 1.29 is 23.6 Å². The number of benzene rings is 1. The van der Waals surface area contributed by atoms with Gasteiger partial charge in [-0.05, 0) is 31.5 Å². The maximum Gasteiger partial charge on any atom is 0.316 e. The van der Waals surface area contributed by atoms with Crippen molar-refractivity contribution in [3.63, 3.8) is 0 Å². The highest BCUT2D eigenvalue weighted by Crippen LogP contribution is 2.12. The van der Waals surface area contributed by atoms with Crippen LogP contribution in [0, 0.1) is 13.8 Å². The monoisotopic (exact) mass is 364 g/mol. The van der Waals surface area contributed by atoms with Crippen LogP contribution >= 0.6 is 11.8 Å². The van der Waals surface area contributed by atoms with Crippen LogP contribution in [0.1, 0.15) is 11.3 Å². The van der Waals surface area contributed by atoms with Crippen LogP contribution < -0.4 is 10.1 Å². The van der Waals surface area contributed by atoms with Crippen molar-refractivity contribution in [1.29, 1.82) is 0 Å². The molecule has 25 heavy (non-hydrogen) atoms. The molecule has 8 heteroatoms. The lowest BCUT2D eigenvalue weighted by molar-refractivity contribution is -0.141. The highest BCUT2D eigenvalue weighted by Gasteiger charge is 2.09. The summed E-state index contributed by atoms with van der Waals surface area (Å²) in [5.74, 6) is 1.29. The first-order chi connectivity index (χ1) is 12.0. The second kappa shape index (κ2) is 9.73. The summed E-state index contributed by atoms with van der Waals surface area (Å²) in [5, 5.41) is 6.23. The van der Waals surface area contributed by atoms with E-state index < -0.39 is 0 Å². The predicted octanol–water partition coefficient (Wildman–Crippen LogP) is 2.59. The Balaban J connectivity index is 1.54. The fourth-order valence-corrected chi connectivity index (χ4v) is 2.50. The molecule has 0 atom stereocenters. The number of anilines is 1. The fourth-order valence-electron chi connectivity index (χ4n) is 1.89. The minimum absolute atomic E-state index is 0.0930. The first kappa shape index (κ1) is 18.9. The first-order valence-electron chi connectivity index (χ1n) is 7.69. The smallest absolute Gasteiger partial charge is 0.316 e. The molecule has 2 aromatic rings. The van der Waals surface area contributed by atoms with Crippen LogP contribution in [-0.2, 0) is 14.3 Å². The van der Waals surface area contributed by atoms with Crippen molar-refractivity contribution in [3.8, 4) is 5.75 Å². The summed E-state index contributed by atoms with van der Waals surface area (Å²) in [5.41, 5.74) is 1.10. The lowest BCUT2D eigenvalue weighted by Gasteiger charge is -2.08. The van der Waals surface area contributed by atoms with Gasteiger partial charge in [-0.25, -0.2) is 0 Å². The van der Waals surface area contributed by atoms with E-state index in [2.05, 4.69) is 10.5 Å². The molecule has 1 N–H and O–H groups in total. The molecule has 0 unspecified atom stereocenters. The number of hydrogen-bond donors (Lipinski definition) is 1. The maximum atomic E-state index is 11.7.